The largest absolute Gasteiger partial charge is 0.0622 e. The first-order valence-electron chi connectivity index (χ1n) is 23.8. The third-order valence-corrected chi connectivity index (χ3v) is 15.6. The third-order valence-electron chi connectivity index (χ3n) is 15.6. The molecule has 0 aliphatic heterocycles. The van der Waals surface area contributed by atoms with Crippen molar-refractivity contribution in [2.24, 2.45) is 0 Å². The summed E-state index contributed by atoms with van der Waals surface area (Å²) in [6, 6.07) is 86.9. The van der Waals surface area contributed by atoms with E-state index in [1.54, 1.807) is 0 Å². The monoisotopic (exact) mass is 854 g/mol. The highest BCUT2D eigenvalue weighted by Crippen LogP contribution is 2.61. The smallest absolute Gasteiger partial charge is 0.000719 e. The fourth-order valence-electron chi connectivity index (χ4n) is 13.1. The predicted octanol–water partition coefficient (Wildman–Crippen LogP) is 19.1. The summed E-state index contributed by atoms with van der Waals surface area (Å²) < 4.78 is 0. The fourth-order valence-corrected chi connectivity index (χ4v) is 13.1. The van der Waals surface area contributed by atoms with E-state index in [9.17, 15) is 0 Å². The molecule has 0 heteroatoms. The van der Waals surface area contributed by atoms with Crippen LogP contribution in [0.5, 0.6) is 0 Å². The Balaban J connectivity index is 0.963. The molecule has 0 amide bonds. The van der Waals surface area contributed by atoms with E-state index in [1.807, 2.05) is 0 Å². The molecular weight excluding hydrogens is 817 g/mol. The lowest BCUT2D eigenvalue weighted by molar-refractivity contribution is 1.62. The van der Waals surface area contributed by atoms with Crippen LogP contribution in [0.15, 0.2) is 231 Å². The summed E-state index contributed by atoms with van der Waals surface area (Å²) in [5, 5.41) is 13.0. The van der Waals surface area contributed by atoms with Gasteiger partial charge in [-0.2, -0.15) is 0 Å². The lowest BCUT2D eigenvalue weighted by Gasteiger charge is -2.21. The van der Waals surface area contributed by atoms with Crippen LogP contribution in [0, 0.1) is 0 Å². The molecule has 0 nitrogen and oxygen atoms in total. The van der Waals surface area contributed by atoms with Crippen LogP contribution in [-0.4, -0.2) is 0 Å². The van der Waals surface area contributed by atoms with Crippen molar-refractivity contribution in [3.8, 4) is 111 Å². The maximum absolute atomic E-state index is 2.51. The molecule has 0 unspecified atom stereocenters. The molecule has 16 rings (SSSR count). The van der Waals surface area contributed by atoms with Crippen molar-refractivity contribution in [3.63, 3.8) is 0 Å². The van der Waals surface area contributed by atoms with Crippen LogP contribution in [0.1, 0.15) is 0 Å². The van der Waals surface area contributed by atoms with Crippen LogP contribution in [-0.2, 0) is 0 Å². The molecule has 0 N–H and O–H groups in total. The van der Waals surface area contributed by atoms with Crippen LogP contribution >= 0.6 is 0 Å². The Morgan fingerprint density at radius 2 is 0.529 bits per heavy atom. The van der Waals surface area contributed by atoms with Gasteiger partial charge in [-0.1, -0.05) is 224 Å². The number of hydrogen-bond acceptors (Lipinski definition) is 0. The molecule has 0 saturated carbocycles. The van der Waals surface area contributed by atoms with Crippen molar-refractivity contribution in [2.75, 3.05) is 0 Å². The molecule has 68 heavy (non-hydrogen) atoms. The Hall–Kier alpha value is -8.84. The second-order valence-electron chi connectivity index (χ2n) is 18.9. The molecule has 3 aliphatic rings. The van der Waals surface area contributed by atoms with Gasteiger partial charge in [0.05, 0.1) is 0 Å². The molecule has 0 heterocycles. The second kappa shape index (κ2) is 13.4. The SMILES string of the molecule is c1ccc(-c2c3c(c(-c4ccc5c(c4)-c4cccc6c(-c7c8c(c(-c9ccccc9)c9ccccc79)-c7cccc9cccc-8c79)ccc-5c46)c4ccccc24)-c2cccc4cccc-3c24)cc1. The van der Waals surface area contributed by atoms with E-state index in [2.05, 4.69) is 231 Å². The van der Waals surface area contributed by atoms with Crippen molar-refractivity contribution in [1.29, 1.82) is 0 Å². The highest BCUT2D eigenvalue weighted by atomic mass is 14.4. The highest BCUT2D eigenvalue weighted by Gasteiger charge is 2.34. The zero-order valence-electron chi connectivity index (χ0n) is 36.9. The number of fused-ring (bicyclic) bond motifs is 11. The Morgan fingerprint density at radius 3 is 1.04 bits per heavy atom. The average molecular weight is 855 g/mol. The van der Waals surface area contributed by atoms with Crippen LogP contribution in [0.3, 0.4) is 0 Å². The van der Waals surface area contributed by atoms with Crippen molar-refractivity contribution < 1.29 is 0 Å². The van der Waals surface area contributed by atoms with Crippen LogP contribution in [0.4, 0.5) is 0 Å². The Labute approximate surface area is 393 Å². The summed E-state index contributed by atoms with van der Waals surface area (Å²) in [7, 11) is 0. The maximum atomic E-state index is 2.51. The molecule has 0 radical (unpaired) electrons. The summed E-state index contributed by atoms with van der Waals surface area (Å²) in [5.41, 5.74) is 26.1. The van der Waals surface area contributed by atoms with Crippen molar-refractivity contribution in [1.82, 2.24) is 0 Å². The molecule has 0 bridgehead atoms. The topological polar surface area (TPSA) is 0 Å². The number of rotatable bonds is 4. The highest BCUT2D eigenvalue weighted by molar-refractivity contribution is 6.31. The van der Waals surface area contributed by atoms with E-state index in [-0.39, 0.29) is 0 Å². The third kappa shape index (κ3) is 4.64. The Kier molecular flexibility index (Phi) is 7.16. The first-order chi connectivity index (χ1) is 33.8. The van der Waals surface area contributed by atoms with Crippen LogP contribution in [0.25, 0.3) is 165 Å². The molecule has 0 fully saturated rings. The number of benzene rings is 13. The Morgan fingerprint density at radius 1 is 0.162 bits per heavy atom. The minimum Gasteiger partial charge on any atom is -0.0622 e. The summed E-state index contributed by atoms with van der Waals surface area (Å²) in [4.78, 5) is 0. The standard InChI is InChI=1S/C68H38/c1-3-16-41(17-4-1)60-45-24-7-8-25-46(45)62(67-55-32-13-21-39-20-11-30-53(58(39)55)65(60)67)43-34-35-44-51-36-37-52(48-28-15-29-50(63(48)51)57(44)38-43)64-49-27-10-9-26-47(49)61(42-18-5-2-6-19-42)66-54-31-12-22-40-23-14-33-56(59(40)54)68(64)66/h1-38H. The van der Waals surface area contributed by atoms with Gasteiger partial charge in [0.25, 0.3) is 0 Å². The Bertz CT molecular complexity index is 4390. The first-order valence-corrected chi connectivity index (χ1v) is 23.8. The predicted molar refractivity (Wildman–Crippen MR) is 289 cm³/mol. The van der Waals surface area contributed by atoms with E-state index in [0.717, 1.165) is 0 Å². The van der Waals surface area contributed by atoms with E-state index < -0.39 is 0 Å². The quantitative estimate of drug-likeness (QED) is 0.165. The van der Waals surface area contributed by atoms with Gasteiger partial charge in [-0.3, -0.25) is 0 Å². The summed E-state index contributed by atoms with van der Waals surface area (Å²) in [5.74, 6) is 0. The molecule has 0 spiro atoms. The molecule has 0 saturated heterocycles. The molecule has 13 aromatic rings. The van der Waals surface area contributed by atoms with Crippen molar-refractivity contribution in [3.05, 3.63) is 231 Å². The van der Waals surface area contributed by atoms with Gasteiger partial charge in [0.15, 0.2) is 0 Å². The molecule has 310 valence electrons. The van der Waals surface area contributed by atoms with Crippen molar-refractivity contribution in [2.45, 2.75) is 0 Å². The molecule has 0 atom stereocenters. The molecule has 3 aliphatic carbocycles. The van der Waals surface area contributed by atoms with Gasteiger partial charge >= 0.3 is 0 Å². The normalized spacial score (nSPS) is 12.4. The zero-order chi connectivity index (χ0) is 44.2. The second-order valence-corrected chi connectivity index (χ2v) is 18.9. The molecule has 13 aromatic carbocycles. The zero-order valence-corrected chi connectivity index (χ0v) is 36.9. The van der Waals surface area contributed by atoms with Gasteiger partial charge in [0.2, 0.25) is 0 Å². The van der Waals surface area contributed by atoms with E-state index >= 15 is 0 Å². The van der Waals surface area contributed by atoms with E-state index in [4.69, 9.17) is 0 Å². The average Bonchev–Trinajstić information content (AvgIpc) is 4.03. The van der Waals surface area contributed by atoms with Crippen LogP contribution in [0.2, 0.25) is 0 Å². The fraction of sp³-hybridized carbons (Fsp3) is 0. The van der Waals surface area contributed by atoms with Gasteiger partial charge in [-0.15, -0.1) is 0 Å². The minimum absolute atomic E-state index is 1.25. The first kappa shape index (κ1) is 36.4. The van der Waals surface area contributed by atoms with Gasteiger partial charge in [-0.05, 0) is 171 Å². The van der Waals surface area contributed by atoms with Gasteiger partial charge in [0.1, 0.15) is 0 Å². The van der Waals surface area contributed by atoms with Crippen molar-refractivity contribution >= 4 is 53.9 Å². The summed E-state index contributed by atoms with van der Waals surface area (Å²) >= 11 is 0. The van der Waals surface area contributed by atoms with Gasteiger partial charge < -0.3 is 0 Å². The summed E-state index contributed by atoms with van der Waals surface area (Å²) in [6.07, 6.45) is 0. The minimum atomic E-state index is 1.25. The van der Waals surface area contributed by atoms with E-state index in [1.165, 1.54) is 165 Å². The molecule has 0 aromatic heterocycles. The van der Waals surface area contributed by atoms with Gasteiger partial charge in [-0.25, -0.2) is 0 Å². The van der Waals surface area contributed by atoms with E-state index in [0.29, 0.717) is 0 Å². The molecular formula is C68H38. The summed E-state index contributed by atoms with van der Waals surface area (Å²) in [6.45, 7) is 0. The van der Waals surface area contributed by atoms with Crippen LogP contribution < -0.4 is 0 Å². The van der Waals surface area contributed by atoms with Gasteiger partial charge in [0, 0.05) is 0 Å². The lowest BCUT2D eigenvalue weighted by atomic mass is 9.81. The maximum Gasteiger partial charge on any atom is -0.000719 e. The number of hydrogen-bond donors (Lipinski definition) is 0. The lowest BCUT2D eigenvalue weighted by Crippen LogP contribution is -1.94.